The number of anilines is 2. The van der Waals surface area contributed by atoms with E-state index in [2.05, 4.69) is 25.0 Å². The van der Waals surface area contributed by atoms with E-state index < -0.39 is 15.9 Å². The second-order valence-electron chi connectivity index (χ2n) is 6.37. The Kier molecular flexibility index (Phi) is 5.89. The summed E-state index contributed by atoms with van der Waals surface area (Å²) in [5, 5.41) is 13.9. The Labute approximate surface area is 187 Å². The lowest BCUT2D eigenvalue weighted by Gasteiger charge is -2.07. The van der Waals surface area contributed by atoms with Gasteiger partial charge in [0.05, 0.1) is 27.8 Å². The summed E-state index contributed by atoms with van der Waals surface area (Å²) in [6.07, 6.45) is 4.30. The van der Waals surface area contributed by atoms with Crippen LogP contribution in [0.1, 0.15) is 5.69 Å². The molecule has 158 valence electrons. The maximum absolute atomic E-state index is 12.5. The summed E-state index contributed by atoms with van der Waals surface area (Å²) < 4.78 is 27.1. The topological polar surface area (TPSA) is 138 Å². The number of thiazole rings is 1. The number of amides is 1. The minimum atomic E-state index is -3.80. The van der Waals surface area contributed by atoms with E-state index >= 15 is 0 Å². The third-order valence-electron chi connectivity index (χ3n) is 4.20. The Morgan fingerprint density at radius 2 is 1.81 bits per heavy atom. The number of hydrogen-bond donors (Lipinski definition) is 2. The van der Waals surface area contributed by atoms with E-state index in [0.29, 0.717) is 22.4 Å². The zero-order chi connectivity index (χ0) is 22.6. The van der Waals surface area contributed by atoms with Crippen molar-refractivity contribution >= 4 is 55.2 Å². The Morgan fingerprint density at radius 1 is 1.06 bits per heavy atom. The van der Waals surface area contributed by atoms with Gasteiger partial charge in [0.1, 0.15) is 11.6 Å². The average Bonchev–Trinajstić information content (AvgIpc) is 3.30. The number of para-hydroxylation sites is 2. The average molecular weight is 463 g/mol. The Hall–Kier alpha value is -4.14. The fourth-order valence-electron chi connectivity index (χ4n) is 2.70. The van der Waals surface area contributed by atoms with Gasteiger partial charge in [-0.05, 0) is 42.5 Å². The molecule has 4 rings (SSSR count). The van der Waals surface area contributed by atoms with Crippen LogP contribution in [-0.4, -0.2) is 29.3 Å². The largest absolute Gasteiger partial charge is 0.321 e. The van der Waals surface area contributed by atoms with Crippen LogP contribution in [0.25, 0.3) is 17.1 Å². The van der Waals surface area contributed by atoms with Crippen LogP contribution in [0.2, 0.25) is 0 Å². The molecule has 1 amide bonds. The minimum Gasteiger partial charge on any atom is -0.321 e. The lowest BCUT2D eigenvalue weighted by atomic mass is 10.2. The first-order valence-corrected chi connectivity index (χ1v) is 11.5. The molecule has 0 spiro atoms. The van der Waals surface area contributed by atoms with Gasteiger partial charge in [0, 0.05) is 17.3 Å². The number of nitrogens with zero attached hydrogens (tertiary/aromatic N) is 4. The van der Waals surface area contributed by atoms with Crippen LogP contribution < -0.4 is 10.0 Å². The summed E-state index contributed by atoms with van der Waals surface area (Å²) in [6.45, 7) is 0. The zero-order valence-electron chi connectivity index (χ0n) is 16.3. The number of carbonyl (C=O) groups is 1. The van der Waals surface area contributed by atoms with E-state index in [1.165, 1.54) is 42.7 Å². The first-order chi connectivity index (χ1) is 15.4. The molecule has 0 saturated carbocycles. The van der Waals surface area contributed by atoms with E-state index in [4.69, 9.17) is 0 Å². The molecule has 0 radical (unpaired) electrons. The van der Waals surface area contributed by atoms with Crippen molar-refractivity contribution in [3.8, 4) is 6.07 Å². The van der Waals surface area contributed by atoms with Crippen molar-refractivity contribution in [3.05, 3.63) is 77.6 Å². The molecule has 4 aromatic rings. The first kappa shape index (κ1) is 21.1. The molecule has 0 atom stereocenters. The van der Waals surface area contributed by atoms with Gasteiger partial charge in [0.2, 0.25) is 0 Å². The number of benzene rings is 2. The summed E-state index contributed by atoms with van der Waals surface area (Å²) >= 11 is 1.16. The minimum absolute atomic E-state index is 0.00758. The predicted molar refractivity (Wildman–Crippen MR) is 121 cm³/mol. The van der Waals surface area contributed by atoms with Gasteiger partial charge in [-0.3, -0.25) is 14.5 Å². The molecule has 0 aliphatic carbocycles. The Bertz CT molecular complexity index is 1460. The number of nitrogens with one attached hydrogen (secondary N) is 2. The molecule has 0 fully saturated rings. The molecule has 9 nitrogen and oxygen atoms in total. The molecular weight excluding hydrogens is 448 g/mol. The summed E-state index contributed by atoms with van der Waals surface area (Å²) in [4.78, 5) is 25.0. The number of sulfonamides is 1. The maximum atomic E-state index is 12.5. The fraction of sp³-hybridized carbons (Fsp3) is 0. The van der Waals surface area contributed by atoms with Crippen molar-refractivity contribution in [1.29, 1.82) is 5.26 Å². The molecule has 0 bridgehead atoms. The summed E-state index contributed by atoms with van der Waals surface area (Å²) in [6, 6.07) is 14.6. The van der Waals surface area contributed by atoms with E-state index in [1.54, 1.807) is 11.4 Å². The third kappa shape index (κ3) is 4.77. The van der Waals surface area contributed by atoms with Crippen molar-refractivity contribution in [3.63, 3.8) is 0 Å². The van der Waals surface area contributed by atoms with Gasteiger partial charge in [0.25, 0.3) is 15.9 Å². The normalized spacial score (nSPS) is 11.7. The molecule has 0 saturated heterocycles. The summed E-state index contributed by atoms with van der Waals surface area (Å²) in [7, 11) is -3.80. The van der Waals surface area contributed by atoms with Crippen LogP contribution >= 0.6 is 11.3 Å². The van der Waals surface area contributed by atoms with Crippen molar-refractivity contribution in [2.75, 3.05) is 10.0 Å². The SMILES string of the molecule is N#C/C(=C\c1cnc2ccccc2n1)C(=O)Nc1ccc(S(=O)(=O)Nc2nccs2)cc1. The summed E-state index contributed by atoms with van der Waals surface area (Å²) in [5.41, 5.74) is 1.87. The highest BCUT2D eigenvalue weighted by Gasteiger charge is 2.16. The zero-order valence-corrected chi connectivity index (χ0v) is 17.9. The van der Waals surface area contributed by atoms with Gasteiger partial charge in [-0.25, -0.2) is 18.4 Å². The lowest BCUT2D eigenvalue weighted by molar-refractivity contribution is -0.112. The first-order valence-electron chi connectivity index (χ1n) is 9.12. The van der Waals surface area contributed by atoms with Crippen LogP contribution in [0.5, 0.6) is 0 Å². The van der Waals surface area contributed by atoms with E-state index in [-0.39, 0.29) is 15.6 Å². The Morgan fingerprint density at radius 3 is 2.50 bits per heavy atom. The predicted octanol–water partition coefficient (Wildman–Crippen LogP) is 3.43. The highest BCUT2D eigenvalue weighted by Crippen LogP contribution is 2.20. The highest BCUT2D eigenvalue weighted by molar-refractivity contribution is 7.93. The van der Waals surface area contributed by atoms with Gasteiger partial charge in [-0.2, -0.15) is 5.26 Å². The van der Waals surface area contributed by atoms with Crippen molar-refractivity contribution < 1.29 is 13.2 Å². The van der Waals surface area contributed by atoms with Crippen LogP contribution in [0, 0.1) is 11.3 Å². The monoisotopic (exact) mass is 462 g/mol. The fourth-order valence-corrected chi connectivity index (χ4v) is 4.49. The second-order valence-corrected chi connectivity index (χ2v) is 8.95. The second kappa shape index (κ2) is 8.93. The number of rotatable bonds is 6. The van der Waals surface area contributed by atoms with Crippen molar-refractivity contribution in [2.24, 2.45) is 0 Å². The molecule has 0 unspecified atom stereocenters. The van der Waals surface area contributed by atoms with Crippen molar-refractivity contribution in [1.82, 2.24) is 15.0 Å². The van der Waals surface area contributed by atoms with Crippen LogP contribution in [0.4, 0.5) is 10.8 Å². The van der Waals surface area contributed by atoms with E-state index in [9.17, 15) is 18.5 Å². The van der Waals surface area contributed by atoms with Crippen LogP contribution in [0.3, 0.4) is 0 Å². The van der Waals surface area contributed by atoms with Gasteiger partial charge >= 0.3 is 0 Å². The molecule has 2 heterocycles. The van der Waals surface area contributed by atoms with Gasteiger partial charge in [-0.15, -0.1) is 11.3 Å². The standard InChI is InChI=1S/C21H14N6O3S2/c22-12-14(11-16-13-24-18-3-1-2-4-19(18)25-16)20(28)26-15-5-7-17(8-6-15)32(29,30)27-21-23-9-10-31-21/h1-11,13H,(H,23,27)(H,26,28)/b14-11+. The number of carbonyl (C=O) groups excluding carboxylic acids is 1. The van der Waals surface area contributed by atoms with E-state index in [0.717, 1.165) is 11.3 Å². The Balaban J connectivity index is 1.49. The number of hydrogen-bond acceptors (Lipinski definition) is 8. The molecule has 0 aliphatic rings. The molecule has 2 aromatic heterocycles. The number of nitriles is 1. The number of fused-ring (bicyclic) bond motifs is 1. The maximum Gasteiger partial charge on any atom is 0.266 e. The van der Waals surface area contributed by atoms with Gasteiger partial charge in [-0.1, -0.05) is 12.1 Å². The lowest BCUT2D eigenvalue weighted by Crippen LogP contribution is -2.15. The number of aromatic nitrogens is 3. The van der Waals surface area contributed by atoms with Crippen LogP contribution in [-0.2, 0) is 14.8 Å². The smallest absolute Gasteiger partial charge is 0.266 e. The highest BCUT2D eigenvalue weighted by atomic mass is 32.2. The molecule has 32 heavy (non-hydrogen) atoms. The summed E-state index contributed by atoms with van der Waals surface area (Å²) in [5.74, 6) is -0.654. The van der Waals surface area contributed by atoms with Crippen molar-refractivity contribution in [2.45, 2.75) is 4.90 Å². The molecular formula is C21H14N6O3S2. The molecule has 2 aromatic carbocycles. The quantitative estimate of drug-likeness (QED) is 0.331. The molecule has 0 aliphatic heterocycles. The third-order valence-corrected chi connectivity index (χ3v) is 6.37. The van der Waals surface area contributed by atoms with Gasteiger partial charge in [0.15, 0.2) is 5.13 Å². The molecule has 11 heteroatoms. The molecule has 2 N–H and O–H groups in total. The van der Waals surface area contributed by atoms with E-state index in [1.807, 2.05) is 24.3 Å². The van der Waals surface area contributed by atoms with Crippen LogP contribution in [0.15, 0.2) is 76.8 Å². The van der Waals surface area contributed by atoms with Gasteiger partial charge < -0.3 is 5.32 Å².